The summed E-state index contributed by atoms with van der Waals surface area (Å²) in [7, 11) is 0. The van der Waals surface area contributed by atoms with Crippen molar-refractivity contribution in [1.82, 2.24) is 0 Å². The van der Waals surface area contributed by atoms with Crippen molar-refractivity contribution >= 4 is 5.69 Å². The molecule has 2 rings (SSSR count). The van der Waals surface area contributed by atoms with Crippen LogP contribution in [0, 0.1) is 11.6 Å². The summed E-state index contributed by atoms with van der Waals surface area (Å²) in [6.07, 6.45) is 0. The van der Waals surface area contributed by atoms with Gasteiger partial charge in [0.05, 0.1) is 11.7 Å². The molecule has 2 nitrogen and oxygen atoms in total. The van der Waals surface area contributed by atoms with Gasteiger partial charge >= 0.3 is 0 Å². The van der Waals surface area contributed by atoms with Gasteiger partial charge in [-0.1, -0.05) is 18.2 Å². The van der Waals surface area contributed by atoms with Crippen LogP contribution in [0.25, 0.3) is 0 Å². The van der Waals surface area contributed by atoms with Gasteiger partial charge in [0, 0.05) is 18.2 Å². The maximum atomic E-state index is 13.9. The molecule has 0 saturated heterocycles. The third kappa shape index (κ3) is 2.74. The number of hydrogen-bond acceptors (Lipinski definition) is 2. The molecule has 0 heterocycles. The molecule has 106 valence electrons. The standard InChI is InChI=1S/C16H17F2NO/c1-3-19(16-7-5-4-6-14(16)17)11(2)13-9-8-12(20)10-15(13)18/h4-11,20H,3H2,1-2H3. The molecule has 0 amide bonds. The van der Waals surface area contributed by atoms with Crippen molar-refractivity contribution in [3.63, 3.8) is 0 Å². The number of aromatic hydroxyl groups is 1. The number of phenolic OH excluding ortho intramolecular Hbond substituents is 1. The van der Waals surface area contributed by atoms with Crippen LogP contribution in [0.2, 0.25) is 0 Å². The van der Waals surface area contributed by atoms with Crippen molar-refractivity contribution in [2.45, 2.75) is 19.9 Å². The van der Waals surface area contributed by atoms with Gasteiger partial charge in [0.1, 0.15) is 17.4 Å². The van der Waals surface area contributed by atoms with Crippen molar-refractivity contribution in [1.29, 1.82) is 0 Å². The summed E-state index contributed by atoms with van der Waals surface area (Å²) in [4.78, 5) is 1.78. The van der Waals surface area contributed by atoms with Gasteiger partial charge in [-0.2, -0.15) is 0 Å². The monoisotopic (exact) mass is 277 g/mol. The number of hydrogen-bond donors (Lipinski definition) is 1. The fraction of sp³-hybridized carbons (Fsp3) is 0.250. The third-order valence-corrected chi connectivity index (χ3v) is 3.40. The first-order valence-electron chi connectivity index (χ1n) is 6.54. The smallest absolute Gasteiger partial charge is 0.146 e. The van der Waals surface area contributed by atoms with E-state index in [0.29, 0.717) is 17.8 Å². The molecule has 0 fully saturated rings. The lowest BCUT2D eigenvalue weighted by Gasteiger charge is -2.31. The molecule has 0 radical (unpaired) electrons. The molecule has 20 heavy (non-hydrogen) atoms. The molecule has 1 atom stereocenters. The summed E-state index contributed by atoms with van der Waals surface area (Å²) in [6, 6.07) is 10.1. The van der Waals surface area contributed by atoms with Gasteiger partial charge in [-0.3, -0.25) is 0 Å². The average molecular weight is 277 g/mol. The summed E-state index contributed by atoms with van der Waals surface area (Å²) in [6.45, 7) is 4.25. The second-order valence-corrected chi connectivity index (χ2v) is 4.62. The second kappa shape index (κ2) is 5.90. The quantitative estimate of drug-likeness (QED) is 0.902. The van der Waals surface area contributed by atoms with Crippen LogP contribution < -0.4 is 4.90 Å². The van der Waals surface area contributed by atoms with Gasteiger partial charge in [-0.15, -0.1) is 0 Å². The number of halogens is 2. The Morgan fingerprint density at radius 1 is 1.10 bits per heavy atom. The van der Waals surface area contributed by atoms with E-state index in [4.69, 9.17) is 0 Å². The molecule has 1 N–H and O–H groups in total. The highest BCUT2D eigenvalue weighted by Crippen LogP contribution is 2.31. The predicted molar refractivity (Wildman–Crippen MR) is 75.9 cm³/mol. The first-order chi connectivity index (χ1) is 9.54. The van der Waals surface area contributed by atoms with E-state index in [0.717, 1.165) is 6.07 Å². The minimum Gasteiger partial charge on any atom is -0.508 e. The van der Waals surface area contributed by atoms with Crippen molar-refractivity contribution in [2.24, 2.45) is 0 Å². The topological polar surface area (TPSA) is 23.5 Å². The summed E-state index contributed by atoms with van der Waals surface area (Å²) in [5, 5.41) is 9.26. The summed E-state index contributed by atoms with van der Waals surface area (Å²) in [5.74, 6) is -0.944. The molecular formula is C16H17F2NO. The van der Waals surface area contributed by atoms with Crippen molar-refractivity contribution in [2.75, 3.05) is 11.4 Å². The van der Waals surface area contributed by atoms with Crippen LogP contribution in [0.3, 0.4) is 0 Å². The first kappa shape index (κ1) is 14.3. The van der Waals surface area contributed by atoms with E-state index in [9.17, 15) is 13.9 Å². The van der Waals surface area contributed by atoms with Crippen LogP contribution in [-0.4, -0.2) is 11.7 Å². The van der Waals surface area contributed by atoms with E-state index < -0.39 is 5.82 Å². The zero-order chi connectivity index (χ0) is 14.7. The minimum absolute atomic E-state index is 0.118. The van der Waals surface area contributed by atoms with Gasteiger partial charge in [-0.25, -0.2) is 8.78 Å². The lowest BCUT2D eigenvalue weighted by atomic mass is 10.0. The Labute approximate surface area is 117 Å². The Morgan fingerprint density at radius 2 is 1.80 bits per heavy atom. The molecule has 0 bridgehead atoms. The van der Waals surface area contributed by atoms with Crippen molar-refractivity contribution in [3.05, 3.63) is 59.7 Å². The van der Waals surface area contributed by atoms with Crippen molar-refractivity contribution in [3.8, 4) is 5.75 Å². The van der Waals surface area contributed by atoms with Gasteiger partial charge in [0.15, 0.2) is 0 Å². The van der Waals surface area contributed by atoms with E-state index in [2.05, 4.69) is 0 Å². The van der Waals surface area contributed by atoms with Gasteiger partial charge in [-0.05, 0) is 32.0 Å². The summed E-state index contributed by atoms with van der Waals surface area (Å²) < 4.78 is 27.8. The molecule has 2 aromatic rings. The van der Waals surface area contributed by atoms with Crippen LogP contribution in [0.4, 0.5) is 14.5 Å². The molecular weight excluding hydrogens is 260 g/mol. The van der Waals surface area contributed by atoms with Crippen LogP contribution in [0.5, 0.6) is 5.75 Å². The fourth-order valence-corrected chi connectivity index (χ4v) is 2.36. The number of anilines is 1. The molecule has 0 aliphatic carbocycles. The SMILES string of the molecule is CCN(c1ccccc1F)C(C)c1ccc(O)cc1F. The van der Waals surface area contributed by atoms with Crippen LogP contribution >= 0.6 is 0 Å². The maximum absolute atomic E-state index is 13.9. The van der Waals surface area contributed by atoms with E-state index in [1.54, 1.807) is 23.1 Å². The first-order valence-corrected chi connectivity index (χ1v) is 6.54. The minimum atomic E-state index is -0.493. The van der Waals surface area contributed by atoms with Crippen LogP contribution in [0.15, 0.2) is 42.5 Å². The molecule has 2 aromatic carbocycles. The Morgan fingerprint density at radius 3 is 2.40 bits per heavy atom. The van der Waals surface area contributed by atoms with Crippen LogP contribution in [-0.2, 0) is 0 Å². The molecule has 0 aliphatic heterocycles. The number of rotatable bonds is 4. The number of phenols is 1. The van der Waals surface area contributed by atoms with Gasteiger partial charge < -0.3 is 10.0 Å². The fourth-order valence-electron chi connectivity index (χ4n) is 2.36. The van der Waals surface area contributed by atoms with Crippen molar-refractivity contribution < 1.29 is 13.9 Å². The molecule has 0 aromatic heterocycles. The Balaban J connectivity index is 2.39. The summed E-state index contributed by atoms with van der Waals surface area (Å²) >= 11 is 0. The van der Waals surface area contributed by atoms with Crippen LogP contribution in [0.1, 0.15) is 25.5 Å². The van der Waals surface area contributed by atoms with Gasteiger partial charge in [0.25, 0.3) is 0 Å². The lowest BCUT2D eigenvalue weighted by Crippen LogP contribution is -2.27. The maximum Gasteiger partial charge on any atom is 0.146 e. The molecule has 4 heteroatoms. The lowest BCUT2D eigenvalue weighted by molar-refractivity contribution is 0.466. The van der Waals surface area contributed by atoms with E-state index >= 15 is 0 Å². The largest absolute Gasteiger partial charge is 0.508 e. The molecule has 0 aliphatic rings. The number of para-hydroxylation sites is 1. The highest BCUT2D eigenvalue weighted by Gasteiger charge is 2.20. The highest BCUT2D eigenvalue weighted by molar-refractivity contribution is 5.50. The third-order valence-electron chi connectivity index (χ3n) is 3.40. The Bertz CT molecular complexity index is 601. The zero-order valence-electron chi connectivity index (χ0n) is 11.5. The molecule has 0 spiro atoms. The van der Waals surface area contributed by atoms with E-state index in [1.165, 1.54) is 18.2 Å². The molecule has 0 saturated carbocycles. The highest BCUT2D eigenvalue weighted by atomic mass is 19.1. The second-order valence-electron chi connectivity index (χ2n) is 4.62. The Kier molecular flexibility index (Phi) is 4.23. The van der Waals surface area contributed by atoms with Gasteiger partial charge in [0.2, 0.25) is 0 Å². The number of nitrogens with zero attached hydrogens (tertiary/aromatic N) is 1. The summed E-state index contributed by atoms with van der Waals surface area (Å²) in [5.41, 5.74) is 0.864. The normalized spacial score (nSPS) is 12.2. The van der Waals surface area contributed by atoms with E-state index in [1.807, 2.05) is 13.8 Å². The molecule has 1 unspecified atom stereocenters. The zero-order valence-corrected chi connectivity index (χ0v) is 11.5. The number of benzene rings is 2. The predicted octanol–water partition coefficient (Wildman–Crippen LogP) is 4.26. The average Bonchev–Trinajstić information content (AvgIpc) is 2.41. The van der Waals surface area contributed by atoms with E-state index in [-0.39, 0.29) is 17.6 Å². The Hall–Kier alpha value is -2.10.